The third-order valence-electron chi connectivity index (χ3n) is 7.61. The number of hydrogen-bond donors (Lipinski definition) is 0. The van der Waals surface area contributed by atoms with Gasteiger partial charge in [0.2, 0.25) is 0 Å². The van der Waals surface area contributed by atoms with Crippen molar-refractivity contribution in [2.24, 2.45) is 23.2 Å². The second-order valence-electron chi connectivity index (χ2n) is 9.15. The zero-order chi connectivity index (χ0) is 17.6. The van der Waals surface area contributed by atoms with Gasteiger partial charge in [0, 0.05) is 25.6 Å². The predicted molar refractivity (Wildman–Crippen MR) is 97.2 cm³/mol. The van der Waals surface area contributed by atoms with Crippen molar-refractivity contribution in [3.05, 3.63) is 12.2 Å². The van der Waals surface area contributed by atoms with Crippen LogP contribution >= 0.6 is 0 Å². The van der Waals surface area contributed by atoms with Crippen molar-refractivity contribution in [1.82, 2.24) is 4.90 Å². The molecule has 25 heavy (non-hydrogen) atoms. The van der Waals surface area contributed by atoms with Gasteiger partial charge in [-0.1, -0.05) is 19.1 Å². The smallest absolute Gasteiger partial charge is 0.310 e. The zero-order valence-corrected chi connectivity index (χ0v) is 15.8. The second kappa shape index (κ2) is 6.70. The Morgan fingerprint density at radius 3 is 3.04 bits per heavy atom. The number of methoxy groups -OCH3 is 1. The number of hydrogen-bond acceptors (Lipinski definition) is 4. The van der Waals surface area contributed by atoms with Crippen LogP contribution in [0.3, 0.4) is 0 Å². The van der Waals surface area contributed by atoms with Crippen LogP contribution in [0.4, 0.5) is 0 Å². The molecule has 6 unspecified atom stereocenters. The minimum Gasteiger partial charge on any atom is -0.462 e. The molecule has 4 aliphatic rings. The molecule has 2 aliphatic heterocycles. The summed E-state index contributed by atoms with van der Waals surface area (Å²) in [7, 11) is 1.77. The monoisotopic (exact) mass is 347 g/mol. The highest BCUT2D eigenvalue weighted by Crippen LogP contribution is 2.57. The number of nitrogens with zero attached hydrogens (tertiary/aromatic N) is 1. The molecule has 140 valence electrons. The maximum absolute atomic E-state index is 12.7. The van der Waals surface area contributed by atoms with Crippen molar-refractivity contribution in [2.45, 2.75) is 64.0 Å². The summed E-state index contributed by atoms with van der Waals surface area (Å²) in [5.74, 6) is 1.05. The molecule has 2 aliphatic carbocycles. The van der Waals surface area contributed by atoms with Crippen LogP contribution in [0.15, 0.2) is 12.2 Å². The van der Waals surface area contributed by atoms with Crippen LogP contribution in [0.25, 0.3) is 0 Å². The highest BCUT2D eigenvalue weighted by atomic mass is 16.6. The van der Waals surface area contributed by atoms with E-state index in [1.165, 1.54) is 37.7 Å². The van der Waals surface area contributed by atoms with Gasteiger partial charge in [-0.3, -0.25) is 9.69 Å². The number of esters is 1. The summed E-state index contributed by atoms with van der Waals surface area (Å²) in [5, 5.41) is 0. The standard InChI is InChI=1S/C21H33NO3/c1-14-6-4-8-21(2)11-19-16(10-18(14)21)17(20(23)25-19)12-22-9-5-7-15(22)13-24-3/h15-19H,1,4-13H2,2-3H3. The number of ether oxygens (including phenoxy) is 2. The lowest BCUT2D eigenvalue weighted by Gasteiger charge is -2.50. The summed E-state index contributed by atoms with van der Waals surface area (Å²) in [5.41, 5.74) is 1.71. The van der Waals surface area contributed by atoms with Crippen molar-refractivity contribution in [2.75, 3.05) is 26.8 Å². The van der Waals surface area contributed by atoms with Crippen LogP contribution in [0.5, 0.6) is 0 Å². The van der Waals surface area contributed by atoms with Gasteiger partial charge < -0.3 is 9.47 Å². The van der Waals surface area contributed by atoms with Gasteiger partial charge in [0.25, 0.3) is 0 Å². The van der Waals surface area contributed by atoms with Gasteiger partial charge in [-0.15, -0.1) is 0 Å². The summed E-state index contributed by atoms with van der Waals surface area (Å²) >= 11 is 0. The lowest BCUT2D eigenvalue weighted by atomic mass is 9.55. The molecule has 0 aromatic carbocycles. The van der Waals surface area contributed by atoms with E-state index in [1.54, 1.807) is 7.11 Å². The lowest BCUT2D eigenvalue weighted by molar-refractivity contribution is -0.146. The van der Waals surface area contributed by atoms with E-state index in [4.69, 9.17) is 9.47 Å². The summed E-state index contributed by atoms with van der Waals surface area (Å²) < 4.78 is 11.3. The quantitative estimate of drug-likeness (QED) is 0.577. The Hall–Kier alpha value is -0.870. The molecule has 0 aromatic rings. The van der Waals surface area contributed by atoms with E-state index in [1.807, 2.05) is 0 Å². The molecular formula is C21H33NO3. The van der Waals surface area contributed by atoms with Crippen LogP contribution in [0.1, 0.15) is 51.9 Å². The summed E-state index contributed by atoms with van der Waals surface area (Å²) in [6.07, 6.45) is 8.32. The van der Waals surface area contributed by atoms with E-state index < -0.39 is 0 Å². The summed E-state index contributed by atoms with van der Waals surface area (Å²) in [4.78, 5) is 15.2. The number of carbonyl (C=O) groups is 1. The fourth-order valence-corrected chi connectivity index (χ4v) is 6.23. The molecule has 2 saturated carbocycles. The van der Waals surface area contributed by atoms with Crippen molar-refractivity contribution < 1.29 is 14.3 Å². The van der Waals surface area contributed by atoms with Gasteiger partial charge in [0.1, 0.15) is 6.10 Å². The lowest BCUT2D eigenvalue weighted by Crippen LogP contribution is -2.46. The Morgan fingerprint density at radius 1 is 1.40 bits per heavy atom. The number of allylic oxidation sites excluding steroid dienone is 1. The van der Waals surface area contributed by atoms with E-state index in [2.05, 4.69) is 18.4 Å². The topological polar surface area (TPSA) is 38.8 Å². The Balaban J connectivity index is 1.49. The van der Waals surface area contributed by atoms with Gasteiger partial charge in [0.05, 0.1) is 12.5 Å². The van der Waals surface area contributed by atoms with E-state index in [0.717, 1.165) is 32.5 Å². The first-order chi connectivity index (χ1) is 12.0. The highest BCUT2D eigenvalue weighted by Gasteiger charge is 2.55. The van der Waals surface area contributed by atoms with Gasteiger partial charge >= 0.3 is 5.97 Å². The normalized spacial score (nSPS) is 44.5. The second-order valence-corrected chi connectivity index (χ2v) is 9.15. The molecule has 0 bridgehead atoms. The van der Waals surface area contributed by atoms with Crippen molar-refractivity contribution in [3.8, 4) is 0 Å². The molecule has 0 N–H and O–H groups in total. The SMILES string of the molecule is C=C1CCCC2(C)CC3OC(=O)C(CN4CCCC4COC)C3CC12. The minimum absolute atomic E-state index is 0.0433. The molecule has 4 nitrogen and oxygen atoms in total. The summed E-state index contributed by atoms with van der Waals surface area (Å²) in [6.45, 7) is 9.49. The third-order valence-corrected chi connectivity index (χ3v) is 7.61. The van der Waals surface area contributed by atoms with Crippen LogP contribution in [-0.4, -0.2) is 49.8 Å². The number of likely N-dealkylation sites (tertiary alicyclic amines) is 1. The fourth-order valence-electron chi connectivity index (χ4n) is 6.23. The summed E-state index contributed by atoms with van der Waals surface area (Å²) in [6, 6.07) is 0.468. The Labute approximate surface area is 151 Å². The van der Waals surface area contributed by atoms with Crippen LogP contribution in [0.2, 0.25) is 0 Å². The molecule has 0 spiro atoms. The van der Waals surface area contributed by atoms with E-state index in [0.29, 0.717) is 17.9 Å². The molecule has 0 radical (unpaired) electrons. The molecule has 6 atom stereocenters. The Bertz CT molecular complexity index is 547. The third kappa shape index (κ3) is 3.06. The van der Waals surface area contributed by atoms with Gasteiger partial charge in [-0.05, 0) is 62.8 Å². The maximum atomic E-state index is 12.7. The van der Waals surface area contributed by atoms with Crippen LogP contribution in [-0.2, 0) is 14.3 Å². The molecule has 4 rings (SSSR count). The Kier molecular flexibility index (Phi) is 4.70. The maximum Gasteiger partial charge on any atom is 0.310 e. The Morgan fingerprint density at radius 2 is 2.24 bits per heavy atom. The fraction of sp³-hybridized carbons (Fsp3) is 0.857. The van der Waals surface area contributed by atoms with E-state index in [-0.39, 0.29) is 23.4 Å². The predicted octanol–water partition coefficient (Wildman–Crippen LogP) is 3.41. The van der Waals surface area contributed by atoms with Crippen molar-refractivity contribution in [1.29, 1.82) is 0 Å². The van der Waals surface area contributed by atoms with Crippen molar-refractivity contribution in [3.63, 3.8) is 0 Å². The molecular weight excluding hydrogens is 314 g/mol. The van der Waals surface area contributed by atoms with E-state index >= 15 is 0 Å². The number of carbonyl (C=O) groups excluding carboxylic acids is 1. The molecule has 0 amide bonds. The first-order valence-electron chi connectivity index (χ1n) is 10.1. The zero-order valence-electron chi connectivity index (χ0n) is 15.8. The average molecular weight is 347 g/mol. The first kappa shape index (κ1) is 17.5. The van der Waals surface area contributed by atoms with Crippen molar-refractivity contribution >= 4 is 5.97 Å². The highest BCUT2D eigenvalue weighted by molar-refractivity contribution is 5.75. The van der Waals surface area contributed by atoms with Crippen LogP contribution < -0.4 is 0 Å². The first-order valence-corrected chi connectivity index (χ1v) is 10.1. The minimum atomic E-state index is 0.0433. The molecule has 4 fully saturated rings. The number of fused-ring (bicyclic) bond motifs is 2. The van der Waals surface area contributed by atoms with Crippen LogP contribution in [0, 0.1) is 23.2 Å². The largest absolute Gasteiger partial charge is 0.462 e. The van der Waals surface area contributed by atoms with Gasteiger partial charge in [0.15, 0.2) is 0 Å². The molecule has 2 heterocycles. The molecule has 2 saturated heterocycles. The number of rotatable bonds is 4. The molecule has 4 heteroatoms. The average Bonchev–Trinajstić information content (AvgIpc) is 3.11. The van der Waals surface area contributed by atoms with E-state index in [9.17, 15) is 4.79 Å². The molecule has 0 aromatic heterocycles. The van der Waals surface area contributed by atoms with Gasteiger partial charge in [-0.25, -0.2) is 0 Å². The van der Waals surface area contributed by atoms with Gasteiger partial charge in [-0.2, -0.15) is 0 Å².